The van der Waals surface area contributed by atoms with E-state index in [9.17, 15) is 4.79 Å². The fraction of sp³-hybridized carbons (Fsp3) is 0.310. The number of para-hydroxylation sites is 1. The first-order valence-electron chi connectivity index (χ1n) is 13.0. The molecule has 3 N–H and O–H groups in total. The van der Waals surface area contributed by atoms with Gasteiger partial charge in [0.1, 0.15) is 29.5 Å². The molecule has 3 fully saturated rings. The minimum Gasteiger partial charge on any atom is -0.465 e. The van der Waals surface area contributed by atoms with Crippen LogP contribution >= 0.6 is 0 Å². The lowest BCUT2D eigenvalue weighted by molar-refractivity contribution is 0.192. The molecule has 3 heterocycles. The molecule has 0 spiro atoms. The molecule has 38 heavy (non-hydrogen) atoms. The third-order valence-corrected chi connectivity index (χ3v) is 7.08. The van der Waals surface area contributed by atoms with Gasteiger partial charge in [0.05, 0.1) is 11.7 Å². The Morgan fingerprint density at radius 3 is 2.45 bits per heavy atom. The van der Waals surface area contributed by atoms with E-state index in [-0.39, 0.29) is 6.04 Å². The molecule has 0 radical (unpaired) electrons. The zero-order valence-corrected chi connectivity index (χ0v) is 21.2. The van der Waals surface area contributed by atoms with E-state index < -0.39 is 6.09 Å². The maximum atomic E-state index is 10.9. The van der Waals surface area contributed by atoms with Crippen molar-refractivity contribution < 1.29 is 14.6 Å². The van der Waals surface area contributed by atoms with Crippen LogP contribution in [0.3, 0.4) is 0 Å². The maximum absolute atomic E-state index is 10.9. The van der Waals surface area contributed by atoms with Crippen LogP contribution in [-0.4, -0.2) is 45.3 Å². The van der Waals surface area contributed by atoms with Gasteiger partial charge in [-0.25, -0.2) is 19.7 Å². The van der Waals surface area contributed by atoms with Gasteiger partial charge in [-0.2, -0.15) is 0 Å². The number of benzene rings is 2. The largest absolute Gasteiger partial charge is 0.465 e. The highest BCUT2D eigenvalue weighted by atomic mass is 16.5. The quantitative estimate of drug-likeness (QED) is 0.301. The molecule has 194 valence electrons. The molecule has 7 rings (SSSR count). The second-order valence-corrected chi connectivity index (χ2v) is 10.1. The standard InChI is InChI=1S/C26H24N6O3.C3H6/c1-15-9-16(7-8-22(15)35-17-5-3-2-4-6-17)30-25-18-10-23(27-11-21(18)28-14-29-25)32-12-19-20(13-32)24(19)31-26(33)34;1-2-3-1/h2-11,14,19-20,24,31H,12-13H2,1H3,(H,33,34)(H,28,29,30);1-3H2. The maximum Gasteiger partial charge on any atom is 0.404 e. The molecule has 2 atom stereocenters. The Balaban J connectivity index is 0.000000824. The number of hydrogen-bond donors (Lipinski definition) is 3. The van der Waals surface area contributed by atoms with E-state index in [0.29, 0.717) is 17.7 Å². The second-order valence-electron chi connectivity index (χ2n) is 10.1. The van der Waals surface area contributed by atoms with Crippen LogP contribution in [0.15, 0.2) is 67.1 Å². The van der Waals surface area contributed by atoms with Crippen LogP contribution in [0.5, 0.6) is 11.5 Å². The van der Waals surface area contributed by atoms with E-state index >= 15 is 0 Å². The highest BCUT2D eigenvalue weighted by Gasteiger charge is 2.56. The summed E-state index contributed by atoms with van der Waals surface area (Å²) in [5.74, 6) is 3.82. The van der Waals surface area contributed by atoms with Gasteiger partial charge in [-0.15, -0.1) is 0 Å². The summed E-state index contributed by atoms with van der Waals surface area (Å²) >= 11 is 0. The van der Waals surface area contributed by atoms with Crippen molar-refractivity contribution in [2.75, 3.05) is 23.3 Å². The van der Waals surface area contributed by atoms with E-state index in [4.69, 9.17) is 9.84 Å². The normalized spacial score (nSPS) is 20.7. The SMILES string of the molecule is C1CC1.Cc1cc(Nc2ncnc3cnc(N4CC5C(C4)C5NC(=O)O)cc23)ccc1Oc1ccccc1. The number of anilines is 3. The number of amides is 1. The van der Waals surface area contributed by atoms with Crippen LogP contribution < -0.4 is 20.3 Å². The Bertz CT molecular complexity index is 1450. The predicted octanol–water partition coefficient (Wildman–Crippen LogP) is 5.74. The van der Waals surface area contributed by atoms with Gasteiger partial charge in [0, 0.05) is 42.0 Å². The molecule has 0 bridgehead atoms. The number of carbonyl (C=O) groups is 1. The average Bonchev–Trinajstić information content (AvgIpc) is 3.86. The summed E-state index contributed by atoms with van der Waals surface area (Å²) in [6.45, 7) is 3.58. The number of nitrogens with one attached hydrogen (secondary N) is 2. The summed E-state index contributed by atoms with van der Waals surface area (Å²) in [5.41, 5.74) is 2.65. The van der Waals surface area contributed by atoms with Crippen molar-refractivity contribution in [2.24, 2.45) is 11.8 Å². The molecule has 2 aliphatic carbocycles. The van der Waals surface area contributed by atoms with E-state index in [1.54, 1.807) is 6.20 Å². The van der Waals surface area contributed by atoms with Gasteiger partial charge >= 0.3 is 6.09 Å². The summed E-state index contributed by atoms with van der Waals surface area (Å²) in [4.78, 5) is 26.6. The summed E-state index contributed by atoms with van der Waals surface area (Å²) in [6, 6.07) is 17.7. The molecule has 2 aromatic carbocycles. The van der Waals surface area contributed by atoms with Crippen molar-refractivity contribution in [3.05, 3.63) is 72.7 Å². The average molecular weight is 511 g/mol. The van der Waals surface area contributed by atoms with Crippen molar-refractivity contribution in [1.82, 2.24) is 20.3 Å². The number of aryl methyl sites for hydroxylation is 1. The third kappa shape index (κ3) is 5.32. The number of rotatable bonds is 6. The Morgan fingerprint density at radius 1 is 1.00 bits per heavy atom. The highest BCUT2D eigenvalue weighted by molar-refractivity contribution is 5.92. The lowest BCUT2D eigenvalue weighted by Crippen LogP contribution is -2.34. The van der Waals surface area contributed by atoms with Crippen molar-refractivity contribution >= 4 is 34.3 Å². The smallest absolute Gasteiger partial charge is 0.404 e. The number of carboxylic acid groups (broad SMARTS) is 1. The zero-order valence-electron chi connectivity index (χ0n) is 21.2. The molecule has 4 aromatic rings. The van der Waals surface area contributed by atoms with Gasteiger partial charge in [0.2, 0.25) is 0 Å². The molecule has 2 unspecified atom stereocenters. The van der Waals surface area contributed by atoms with Crippen LogP contribution in [0.1, 0.15) is 24.8 Å². The number of piperidine rings is 1. The van der Waals surface area contributed by atoms with Crippen molar-refractivity contribution in [1.29, 1.82) is 0 Å². The van der Waals surface area contributed by atoms with Crippen LogP contribution in [0, 0.1) is 18.8 Å². The van der Waals surface area contributed by atoms with E-state index in [1.807, 2.05) is 61.5 Å². The summed E-state index contributed by atoms with van der Waals surface area (Å²) in [6.07, 6.45) is 6.83. The van der Waals surface area contributed by atoms with E-state index in [0.717, 1.165) is 52.6 Å². The molecule has 1 aliphatic heterocycles. The van der Waals surface area contributed by atoms with Gasteiger partial charge in [0.15, 0.2) is 0 Å². The first-order chi connectivity index (χ1) is 18.5. The van der Waals surface area contributed by atoms with Gasteiger partial charge in [-0.05, 0) is 48.9 Å². The van der Waals surface area contributed by atoms with Crippen molar-refractivity contribution in [3.8, 4) is 11.5 Å². The van der Waals surface area contributed by atoms with Gasteiger partial charge < -0.3 is 25.4 Å². The minimum absolute atomic E-state index is 0.0573. The van der Waals surface area contributed by atoms with Crippen LogP contribution in [0.25, 0.3) is 10.9 Å². The monoisotopic (exact) mass is 510 g/mol. The number of ether oxygens (including phenoxy) is 1. The molecule has 9 heteroatoms. The third-order valence-electron chi connectivity index (χ3n) is 7.08. The number of nitrogens with zero attached hydrogens (tertiary/aromatic N) is 4. The van der Waals surface area contributed by atoms with Crippen LogP contribution in [0.2, 0.25) is 0 Å². The van der Waals surface area contributed by atoms with E-state index in [1.165, 1.54) is 25.6 Å². The summed E-state index contributed by atoms with van der Waals surface area (Å²) in [7, 11) is 0. The van der Waals surface area contributed by atoms with Crippen LogP contribution in [0.4, 0.5) is 22.1 Å². The Kier molecular flexibility index (Phi) is 6.41. The summed E-state index contributed by atoms with van der Waals surface area (Å²) in [5, 5.41) is 15.9. The highest BCUT2D eigenvalue weighted by Crippen LogP contribution is 2.46. The number of hydrogen-bond acceptors (Lipinski definition) is 7. The molecule has 1 amide bonds. The molecule has 1 saturated heterocycles. The second kappa shape index (κ2) is 10.2. The molecule has 9 nitrogen and oxygen atoms in total. The molecular weight excluding hydrogens is 480 g/mol. The fourth-order valence-corrected chi connectivity index (χ4v) is 4.88. The van der Waals surface area contributed by atoms with Crippen LogP contribution in [-0.2, 0) is 0 Å². The zero-order chi connectivity index (χ0) is 26.1. The Labute approximate surface area is 220 Å². The first kappa shape index (κ1) is 24.0. The van der Waals surface area contributed by atoms with Gasteiger partial charge in [-0.1, -0.05) is 37.5 Å². The van der Waals surface area contributed by atoms with Crippen molar-refractivity contribution in [2.45, 2.75) is 32.2 Å². The first-order valence-corrected chi connectivity index (χ1v) is 13.0. The molecule has 3 aliphatic rings. The number of aromatic nitrogens is 3. The van der Waals surface area contributed by atoms with E-state index in [2.05, 4.69) is 30.5 Å². The topological polar surface area (TPSA) is 112 Å². The Morgan fingerprint density at radius 2 is 1.76 bits per heavy atom. The number of pyridine rings is 1. The lowest BCUT2D eigenvalue weighted by Gasteiger charge is -2.21. The molecule has 2 saturated carbocycles. The minimum atomic E-state index is -0.956. The van der Waals surface area contributed by atoms with Gasteiger partial charge in [-0.3, -0.25) is 0 Å². The summed E-state index contributed by atoms with van der Waals surface area (Å²) < 4.78 is 5.99. The number of fused-ring (bicyclic) bond motifs is 2. The van der Waals surface area contributed by atoms with Gasteiger partial charge in [0.25, 0.3) is 0 Å². The fourth-order valence-electron chi connectivity index (χ4n) is 4.88. The lowest BCUT2D eigenvalue weighted by atomic mass is 10.2. The Hall–Kier alpha value is -4.40. The molecule has 2 aromatic heterocycles. The molecular formula is C29H30N6O3. The predicted molar refractivity (Wildman–Crippen MR) is 146 cm³/mol. The van der Waals surface area contributed by atoms with Crippen molar-refractivity contribution in [3.63, 3.8) is 0 Å².